The first kappa shape index (κ1) is 16.0. The second-order valence-electron chi connectivity index (χ2n) is 7.06. The lowest BCUT2D eigenvalue weighted by Gasteiger charge is -2.31. The zero-order chi connectivity index (χ0) is 18.5. The van der Waals surface area contributed by atoms with Crippen molar-refractivity contribution in [2.75, 3.05) is 11.4 Å². The number of carbonyl (C=O) groups is 1. The van der Waals surface area contributed by atoms with Gasteiger partial charge in [-0.3, -0.25) is 9.47 Å². The van der Waals surface area contributed by atoms with Crippen LogP contribution in [0.5, 0.6) is 0 Å². The highest BCUT2D eigenvalue weighted by atomic mass is 16.5. The van der Waals surface area contributed by atoms with Crippen LogP contribution in [0.1, 0.15) is 42.8 Å². The molecule has 0 bridgehead atoms. The number of benzene rings is 1. The summed E-state index contributed by atoms with van der Waals surface area (Å²) in [6.45, 7) is 4.88. The second kappa shape index (κ2) is 5.94. The van der Waals surface area contributed by atoms with Crippen molar-refractivity contribution in [1.29, 1.82) is 0 Å². The van der Waals surface area contributed by atoms with Crippen molar-refractivity contribution in [1.82, 2.24) is 25.0 Å². The van der Waals surface area contributed by atoms with E-state index >= 15 is 0 Å². The van der Waals surface area contributed by atoms with Crippen LogP contribution >= 0.6 is 0 Å². The van der Waals surface area contributed by atoms with Gasteiger partial charge in [-0.2, -0.15) is 4.98 Å². The number of hydrogen-bond donors (Lipinski definition) is 1. The number of urea groups is 1. The molecule has 27 heavy (non-hydrogen) atoms. The van der Waals surface area contributed by atoms with Gasteiger partial charge in [-0.25, -0.2) is 9.78 Å². The minimum Gasteiger partial charge on any atom is -0.338 e. The Morgan fingerprint density at radius 3 is 2.96 bits per heavy atom. The molecule has 0 atom stereocenters. The molecule has 3 heterocycles. The summed E-state index contributed by atoms with van der Waals surface area (Å²) in [7, 11) is 0. The summed E-state index contributed by atoms with van der Waals surface area (Å²) < 4.78 is 7.47. The fourth-order valence-electron chi connectivity index (χ4n) is 3.47. The van der Waals surface area contributed by atoms with Crippen LogP contribution in [0.2, 0.25) is 0 Å². The van der Waals surface area contributed by atoms with Gasteiger partial charge in [0.25, 0.3) is 5.89 Å². The monoisotopic (exact) mass is 364 g/mol. The molecule has 1 fully saturated rings. The second-order valence-corrected chi connectivity index (χ2v) is 7.06. The number of aryl methyl sites for hydroxylation is 1. The van der Waals surface area contributed by atoms with E-state index in [0.717, 1.165) is 41.3 Å². The van der Waals surface area contributed by atoms with E-state index in [4.69, 9.17) is 4.52 Å². The molecule has 3 aromatic rings. The standard InChI is InChI=1S/C19H20N6O2/c1-3-20-19(26)24-9-15-16(18-22-17(23-27-18)12-5-6-12)21-10-25(15)13-7-4-11(2)8-14(13)24/h4,7-8,10,12H,3,5-6,9H2,1-2H3,(H,20,26). The molecule has 2 aromatic heterocycles. The van der Waals surface area contributed by atoms with Crippen LogP contribution in [0.4, 0.5) is 10.5 Å². The third kappa shape index (κ3) is 2.59. The van der Waals surface area contributed by atoms with Crippen LogP contribution in [0, 0.1) is 6.92 Å². The van der Waals surface area contributed by atoms with Crippen LogP contribution < -0.4 is 10.2 Å². The van der Waals surface area contributed by atoms with Gasteiger partial charge in [0.05, 0.1) is 23.6 Å². The number of nitrogens with one attached hydrogen (secondary N) is 1. The van der Waals surface area contributed by atoms with E-state index in [-0.39, 0.29) is 6.03 Å². The summed E-state index contributed by atoms with van der Waals surface area (Å²) >= 11 is 0. The fraction of sp³-hybridized carbons (Fsp3) is 0.368. The lowest BCUT2D eigenvalue weighted by Crippen LogP contribution is -2.42. The van der Waals surface area contributed by atoms with Gasteiger partial charge in [0, 0.05) is 12.5 Å². The number of amides is 2. The fourth-order valence-corrected chi connectivity index (χ4v) is 3.47. The molecule has 1 saturated carbocycles. The molecule has 1 aliphatic heterocycles. The highest BCUT2D eigenvalue weighted by Gasteiger charge is 2.33. The SMILES string of the molecule is CCNC(=O)N1Cc2c(-c3nc(C4CC4)no3)ncn2-c2ccc(C)cc21. The summed E-state index contributed by atoms with van der Waals surface area (Å²) in [6, 6.07) is 5.92. The average molecular weight is 364 g/mol. The number of fused-ring (bicyclic) bond motifs is 3. The molecule has 0 saturated heterocycles. The third-order valence-corrected chi connectivity index (χ3v) is 5.02. The molecule has 1 aliphatic carbocycles. The summed E-state index contributed by atoms with van der Waals surface area (Å²) in [6.07, 6.45) is 3.98. The van der Waals surface area contributed by atoms with Gasteiger partial charge >= 0.3 is 6.03 Å². The Labute approximate surface area is 156 Å². The smallest absolute Gasteiger partial charge is 0.322 e. The minimum absolute atomic E-state index is 0.132. The van der Waals surface area contributed by atoms with Gasteiger partial charge in [0.15, 0.2) is 11.5 Å². The van der Waals surface area contributed by atoms with E-state index in [9.17, 15) is 4.79 Å². The summed E-state index contributed by atoms with van der Waals surface area (Å²) in [4.78, 5) is 23.5. The molecule has 138 valence electrons. The van der Waals surface area contributed by atoms with E-state index in [2.05, 4.69) is 20.4 Å². The number of nitrogens with zero attached hydrogens (tertiary/aromatic N) is 5. The van der Waals surface area contributed by atoms with E-state index in [0.29, 0.717) is 30.6 Å². The average Bonchev–Trinajstić information content (AvgIpc) is 3.24. The first-order chi connectivity index (χ1) is 13.2. The lowest BCUT2D eigenvalue weighted by molar-refractivity contribution is 0.246. The summed E-state index contributed by atoms with van der Waals surface area (Å²) in [5, 5.41) is 6.99. The molecule has 1 aromatic carbocycles. The van der Waals surface area contributed by atoms with Crippen LogP contribution in [-0.4, -0.2) is 32.3 Å². The Morgan fingerprint density at radius 1 is 1.33 bits per heavy atom. The zero-order valence-electron chi connectivity index (χ0n) is 15.3. The molecule has 8 nitrogen and oxygen atoms in total. The van der Waals surface area contributed by atoms with Crippen LogP contribution in [0.25, 0.3) is 17.3 Å². The van der Waals surface area contributed by atoms with Crippen LogP contribution in [0.15, 0.2) is 29.0 Å². The molecule has 2 aliphatic rings. The number of imidazole rings is 1. The van der Waals surface area contributed by atoms with E-state index in [1.165, 1.54) is 0 Å². The van der Waals surface area contributed by atoms with Gasteiger partial charge in [-0.15, -0.1) is 0 Å². The molecule has 1 N–H and O–H groups in total. The normalized spacial score (nSPS) is 15.4. The predicted octanol–water partition coefficient (Wildman–Crippen LogP) is 3.16. The quantitative estimate of drug-likeness (QED) is 0.771. The predicted molar refractivity (Wildman–Crippen MR) is 98.8 cm³/mol. The molecular weight excluding hydrogens is 344 g/mol. The molecule has 2 amide bonds. The number of rotatable bonds is 3. The topological polar surface area (TPSA) is 89.1 Å². The van der Waals surface area contributed by atoms with Crippen molar-refractivity contribution in [3.05, 3.63) is 41.6 Å². The van der Waals surface area contributed by atoms with Gasteiger partial charge in [-0.05, 0) is 44.4 Å². The molecular formula is C19H20N6O2. The number of anilines is 1. The van der Waals surface area contributed by atoms with Crippen LogP contribution in [-0.2, 0) is 6.54 Å². The molecule has 8 heteroatoms. The van der Waals surface area contributed by atoms with Gasteiger partial charge < -0.3 is 9.84 Å². The maximum absolute atomic E-state index is 12.7. The third-order valence-electron chi connectivity index (χ3n) is 5.02. The molecule has 0 spiro atoms. The number of carbonyl (C=O) groups excluding carboxylic acids is 1. The van der Waals surface area contributed by atoms with Crippen molar-refractivity contribution in [3.63, 3.8) is 0 Å². The Balaban J connectivity index is 1.61. The Bertz CT molecular complexity index is 1030. The largest absolute Gasteiger partial charge is 0.338 e. The zero-order valence-corrected chi connectivity index (χ0v) is 15.3. The van der Waals surface area contributed by atoms with E-state index < -0.39 is 0 Å². The lowest BCUT2D eigenvalue weighted by atomic mass is 10.1. The Morgan fingerprint density at radius 2 is 2.19 bits per heavy atom. The van der Waals surface area contributed by atoms with Gasteiger partial charge in [-0.1, -0.05) is 11.2 Å². The van der Waals surface area contributed by atoms with Crippen molar-refractivity contribution >= 4 is 11.7 Å². The molecule has 0 radical (unpaired) electrons. The first-order valence-electron chi connectivity index (χ1n) is 9.22. The van der Waals surface area contributed by atoms with Gasteiger partial charge in [0.2, 0.25) is 0 Å². The highest BCUT2D eigenvalue weighted by Crippen LogP contribution is 2.40. The Kier molecular flexibility index (Phi) is 3.53. The summed E-state index contributed by atoms with van der Waals surface area (Å²) in [5.41, 5.74) is 4.37. The minimum atomic E-state index is -0.132. The highest BCUT2D eigenvalue weighted by molar-refractivity contribution is 5.95. The number of aromatic nitrogens is 4. The first-order valence-corrected chi connectivity index (χ1v) is 9.22. The van der Waals surface area contributed by atoms with Crippen molar-refractivity contribution < 1.29 is 9.32 Å². The maximum atomic E-state index is 12.7. The Hall–Kier alpha value is -3.16. The van der Waals surface area contributed by atoms with Crippen molar-refractivity contribution in [3.8, 4) is 17.3 Å². The number of hydrogen-bond acceptors (Lipinski definition) is 5. The van der Waals surface area contributed by atoms with Gasteiger partial charge in [0.1, 0.15) is 6.33 Å². The summed E-state index contributed by atoms with van der Waals surface area (Å²) in [5.74, 6) is 1.58. The van der Waals surface area contributed by atoms with E-state index in [1.807, 2.05) is 36.6 Å². The molecule has 0 unspecified atom stereocenters. The van der Waals surface area contributed by atoms with E-state index in [1.54, 1.807) is 11.2 Å². The molecule has 5 rings (SSSR count). The van der Waals surface area contributed by atoms with Crippen LogP contribution in [0.3, 0.4) is 0 Å². The van der Waals surface area contributed by atoms with Crippen molar-refractivity contribution in [2.45, 2.75) is 39.2 Å². The maximum Gasteiger partial charge on any atom is 0.322 e. The van der Waals surface area contributed by atoms with Crippen molar-refractivity contribution in [2.24, 2.45) is 0 Å².